The van der Waals surface area contributed by atoms with Gasteiger partial charge in [-0.15, -0.1) is 0 Å². The van der Waals surface area contributed by atoms with E-state index in [1.807, 2.05) is 24.3 Å². The van der Waals surface area contributed by atoms with Crippen molar-refractivity contribution in [3.63, 3.8) is 0 Å². The Bertz CT molecular complexity index is 429. The maximum absolute atomic E-state index is 12.5. The number of benzene rings is 1. The standard InChI is InChI=1S/C14H19F2NO2S/c1-19-12-4-2-3-11(9-12)5-7-17(10-13(15)16)14(18)6-8-20/h2-4,9,13,20H,5-8,10H2,1H3. The molecule has 1 rings (SSSR count). The van der Waals surface area contributed by atoms with E-state index in [1.54, 1.807) is 7.11 Å². The van der Waals surface area contributed by atoms with Crippen LogP contribution in [-0.2, 0) is 11.2 Å². The topological polar surface area (TPSA) is 29.5 Å². The predicted octanol–water partition coefficient (Wildman–Crippen LogP) is 2.65. The second kappa shape index (κ2) is 8.79. The third kappa shape index (κ3) is 5.77. The summed E-state index contributed by atoms with van der Waals surface area (Å²) in [7, 11) is 1.57. The first-order valence-electron chi connectivity index (χ1n) is 6.36. The first kappa shape index (κ1) is 16.8. The maximum atomic E-state index is 12.5. The molecule has 0 radical (unpaired) electrons. The summed E-state index contributed by atoms with van der Waals surface area (Å²) in [6, 6.07) is 7.36. The molecule has 0 aliphatic rings. The van der Waals surface area contributed by atoms with Crippen LogP contribution in [0.3, 0.4) is 0 Å². The molecule has 1 amide bonds. The fourth-order valence-electron chi connectivity index (χ4n) is 1.83. The van der Waals surface area contributed by atoms with Crippen LogP contribution in [-0.4, -0.2) is 43.2 Å². The molecule has 1 aromatic carbocycles. The third-order valence-electron chi connectivity index (χ3n) is 2.84. The number of halogens is 2. The van der Waals surface area contributed by atoms with Crippen LogP contribution in [0.2, 0.25) is 0 Å². The molecule has 0 aliphatic carbocycles. The summed E-state index contributed by atoms with van der Waals surface area (Å²) in [4.78, 5) is 12.9. The van der Waals surface area contributed by atoms with Crippen molar-refractivity contribution in [3.8, 4) is 5.75 Å². The molecule has 0 fully saturated rings. The van der Waals surface area contributed by atoms with E-state index in [2.05, 4.69) is 12.6 Å². The van der Waals surface area contributed by atoms with Gasteiger partial charge in [-0.1, -0.05) is 12.1 Å². The average molecular weight is 303 g/mol. The van der Waals surface area contributed by atoms with Crippen molar-refractivity contribution in [2.45, 2.75) is 19.3 Å². The number of carbonyl (C=O) groups excluding carboxylic acids is 1. The van der Waals surface area contributed by atoms with Gasteiger partial charge in [0.25, 0.3) is 6.43 Å². The minimum Gasteiger partial charge on any atom is -0.497 e. The molecular weight excluding hydrogens is 284 g/mol. The Labute approximate surface area is 123 Å². The lowest BCUT2D eigenvalue weighted by molar-refractivity contribution is -0.132. The van der Waals surface area contributed by atoms with E-state index in [1.165, 1.54) is 4.90 Å². The van der Waals surface area contributed by atoms with Gasteiger partial charge in [-0.05, 0) is 29.9 Å². The van der Waals surface area contributed by atoms with Gasteiger partial charge in [-0.25, -0.2) is 8.78 Å². The zero-order valence-corrected chi connectivity index (χ0v) is 12.3. The minimum absolute atomic E-state index is 0.175. The summed E-state index contributed by atoms with van der Waals surface area (Å²) < 4.78 is 30.1. The molecule has 1 aromatic rings. The molecule has 6 heteroatoms. The van der Waals surface area contributed by atoms with Crippen molar-refractivity contribution in [1.29, 1.82) is 0 Å². The number of hydrogen-bond donors (Lipinski definition) is 1. The smallest absolute Gasteiger partial charge is 0.255 e. The van der Waals surface area contributed by atoms with Crippen molar-refractivity contribution in [2.24, 2.45) is 0 Å². The monoisotopic (exact) mass is 303 g/mol. The fraction of sp³-hybridized carbons (Fsp3) is 0.500. The number of ether oxygens (including phenoxy) is 1. The lowest BCUT2D eigenvalue weighted by Gasteiger charge is -2.22. The van der Waals surface area contributed by atoms with E-state index in [-0.39, 0.29) is 18.9 Å². The first-order valence-corrected chi connectivity index (χ1v) is 6.99. The van der Waals surface area contributed by atoms with Crippen molar-refractivity contribution < 1.29 is 18.3 Å². The molecule has 0 aliphatic heterocycles. The quantitative estimate of drug-likeness (QED) is 0.748. The van der Waals surface area contributed by atoms with E-state index < -0.39 is 13.0 Å². The highest BCUT2D eigenvalue weighted by Crippen LogP contribution is 2.14. The normalized spacial score (nSPS) is 10.7. The Hall–Kier alpha value is -1.30. The van der Waals surface area contributed by atoms with Crippen LogP contribution in [0.25, 0.3) is 0 Å². The number of hydrogen-bond acceptors (Lipinski definition) is 3. The lowest BCUT2D eigenvalue weighted by atomic mass is 10.1. The molecule has 0 unspecified atom stereocenters. The molecule has 0 heterocycles. The molecule has 0 saturated heterocycles. The molecule has 0 saturated carbocycles. The van der Waals surface area contributed by atoms with E-state index >= 15 is 0 Å². The molecule has 20 heavy (non-hydrogen) atoms. The van der Waals surface area contributed by atoms with Crippen LogP contribution in [0.4, 0.5) is 8.78 Å². The minimum atomic E-state index is -2.52. The molecule has 0 spiro atoms. The lowest BCUT2D eigenvalue weighted by Crippen LogP contribution is -2.36. The summed E-state index contributed by atoms with van der Waals surface area (Å²) in [6.07, 6.45) is -1.83. The van der Waals surface area contributed by atoms with Crippen molar-refractivity contribution in [1.82, 2.24) is 4.90 Å². The fourth-order valence-corrected chi connectivity index (χ4v) is 2.02. The Kier molecular flexibility index (Phi) is 7.36. The number of thiol groups is 1. The maximum Gasteiger partial charge on any atom is 0.255 e. The molecule has 0 bridgehead atoms. The summed E-state index contributed by atoms with van der Waals surface area (Å²) in [5, 5.41) is 0. The number of alkyl halides is 2. The Balaban J connectivity index is 2.62. The van der Waals surface area contributed by atoms with Crippen molar-refractivity contribution in [3.05, 3.63) is 29.8 Å². The average Bonchev–Trinajstić information content (AvgIpc) is 2.43. The molecular formula is C14H19F2NO2S. The summed E-state index contributed by atoms with van der Waals surface area (Å²) >= 11 is 3.96. The van der Waals surface area contributed by atoms with Gasteiger partial charge in [0, 0.05) is 13.0 Å². The van der Waals surface area contributed by atoms with Crippen LogP contribution < -0.4 is 4.74 Å². The molecule has 0 atom stereocenters. The van der Waals surface area contributed by atoms with Gasteiger partial charge < -0.3 is 9.64 Å². The Morgan fingerprint density at radius 3 is 2.80 bits per heavy atom. The van der Waals surface area contributed by atoms with Crippen LogP contribution in [0.1, 0.15) is 12.0 Å². The zero-order chi connectivity index (χ0) is 15.0. The Morgan fingerprint density at radius 2 is 2.20 bits per heavy atom. The third-order valence-corrected chi connectivity index (χ3v) is 3.06. The van der Waals surface area contributed by atoms with E-state index in [4.69, 9.17) is 4.74 Å². The van der Waals surface area contributed by atoms with E-state index in [0.29, 0.717) is 17.9 Å². The second-order valence-corrected chi connectivity index (χ2v) is 4.75. The summed E-state index contributed by atoms with van der Waals surface area (Å²) in [5.74, 6) is 0.783. The van der Waals surface area contributed by atoms with Gasteiger partial charge in [-0.3, -0.25) is 4.79 Å². The summed E-state index contributed by atoms with van der Waals surface area (Å²) in [6.45, 7) is -0.263. The summed E-state index contributed by atoms with van der Waals surface area (Å²) in [5.41, 5.74) is 0.947. The number of carbonyl (C=O) groups is 1. The van der Waals surface area contributed by atoms with Gasteiger partial charge >= 0.3 is 0 Å². The number of nitrogens with zero attached hydrogens (tertiary/aromatic N) is 1. The molecule has 0 aromatic heterocycles. The SMILES string of the molecule is COc1cccc(CCN(CC(F)F)C(=O)CCS)c1. The molecule has 3 nitrogen and oxygen atoms in total. The first-order chi connectivity index (χ1) is 9.56. The van der Waals surface area contributed by atoms with Crippen LogP contribution in [0.5, 0.6) is 5.75 Å². The van der Waals surface area contributed by atoms with Crippen LogP contribution in [0, 0.1) is 0 Å². The Morgan fingerprint density at radius 1 is 1.45 bits per heavy atom. The number of methoxy groups -OCH3 is 1. The van der Waals surface area contributed by atoms with Crippen LogP contribution >= 0.6 is 12.6 Å². The second-order valence-electron chi connectivity index (χ2n) is 4.31. The highest BCUT2D eigenvalue weighted by molar-refractivity contribution is 7.80. The molecule has 112 valence electrons. The van der Waals surface area contributed by atoms with Crippen LogP contribution in [0.15, 0.2) is 24.3 Å². The predicted molar refractivity (Wildman–Crippen MR) is 77.8 cm³/mol. The molecule has 0 N–H and O–H groups in total. The van der Waals surface area contributed by atoms with Gasteiger partial charge in [0.1, 0.15) is 5.75 Å². The largest absolute Gasteiger partial charge is 0.497 e. The van der Waals surface area contributed by atoms with Gasteiger partial charge in [0.05, 0.1) is 13.7 Å². The number of amides is 1. The van der Waals surface area contributed by atoms with Gasteiger partial charge in [0.15, 0.2) is 0 Å². The van der Waals surface area contributed by atoms with E-state index in [9.17, 15) is 13.6 Å². The highest BCUT2D eigenvalue weighted by Gasteiger charge is 2.17. The van der Waals surface area contributed by atoms with Gasteiger partial charge in [0.2, 0.25) is 5.91 Å². The zero-order valence-electron chi connectivity index (χ0n) is 11.4. The van der Waals surface area contributed by atoms with Crippen molar-refractivity contribution >= 4 is 18.5 Å². The van der Waals surface area contributed by atoms with E-state index in [0.717, 1.165) is 5.56 Å². The van der Waals surface area contributed by atoms with Crippen molar-refractivity contribution in [2.75, 3.05) is 26.0 Å². The van der Waals surface area contributed by atoms with Gasteiger partial charge in [-0.2, -0.15) is 12.6 Å². The number of rotatable bonds is 8. The highest BCUT2D eigenvalue weighted by atomic mass is 32.1.